The lowest BCUT2D eigenvalue weighted by molar-refractivity contribution is 0.459. The van der Waals surface area contributed by atoms with Crippen LogP contribution in [0.2, 0.25) is 0 Å². The van der Waals surface area contributed by atoms with Crippen LogP contribution in [-0.4, -0.2) is 9.97 Å². The first-order valence-corrected chi connectivity index (χ1v) is 6.49. The van der Waals surface area contributed by atoms with Gasteiger partial charge in [-0.3, -0.25) is 5.43 Å². The summed E-state index contributed by atoms with van der Waals surface area (Å²) in [7, 11) is 0. The van der Waals surface area contributed by atoms with Crippen LogP contribution in [0.1, 0.15) is 0 Å². The second kappa shape index (κ2) is 5.61. The van der Waals surface area contributed by atoms with Gasteiger partial charge in [0.25, 0.3) is 0 Å². The monoisotopic (exact) mass is 406 g/mol. The summed E-state index contributed by atoms with van der Waals surface area (Å²) in [4.78, 5) is 8.03. The van der Waals surface area contributed by atoms with Gasteiger partial charge in [-0.15, -0.1) is 0 Å². The summed E-state index contributed by atoms with van der Waals surface area (Å²) >= 11 is 5.54. The molecule has 88 valence electrons. The molecule has 7 heteroatoms. The number of hydrazine groups is 1. The molecule has 1 aromatic carbocycles. The summed E-state index contributed by atoms with van der Waals surface area (Å²) in [5.74, 6) is 6.65. The molecule has 0 aliphatic carbocycles. The van der Waals surface area contributed by atoms with Crippen LogP contribution < -0.4 is 16.0 Å². The Balaban J connectivity index is 2.25. The van der Waals surface area contributed by atoms with Gasteiger partial charge >= 0.3 is 0 Å². The minimum atomic E-state index is 0.300. The van der Waals surface area contributed by atoms with Crippen molar-refractivity contribution in [3.63, 3.8) is 0 Å². The molecular formula is C10H8BrIN4O. The number of hydrogen-bond donors (Lipinski definition) is 2. The van der Waals surface area contributed by atoms with Crippen LogP contribution in [0.25, 0.3) is 0 Å². The normalized spacial score (nSPS) is 10.1. The topological polar surface area (TPSA) is 73.1 Å². The van der Waals surface area contributed by atoms with E-state index < -0.39 is 0 Å². The highest BCUT2D eigenvalue weighted by Crippen LogP contribution is 2.27. The number of nitrogens with zero attached hydrogens (tertiary/aromatic N) is 2. The number of nitrogen functional groups attached to an aromatic ring is 1. The molecule has 5 nitrogen and oxygen atoms in total. The molecule has 0 saturated carbocycles. The smallest absolute Gasteiger partial charge is 0.240 e. The van der Waals surface area contributed by atoms with Crippen molar-refractivity contribution in [3.8, 4) is 11.6 Å². The number of nitrogens with one attached hydrogen (secondary N) is 1. The van der Waals surface area contributed by atoms with Crippen molar-refractivity contribution in [2.75, 3.05) is 5.43 Å². The lowest BCUT2D eigenvalue weighted by Gasteiger charge is -2.07. The van der Waals surface area contributed by atoms with Crippen molar-refractivity contribution in [2.24, 2.45) is 5.84 Å². The highest BCUT2D eigenvalue weighted by atomic mass is 127. The first-order chi connectivity index (χ1) is 8.19. The third kappa shape index (κ3) is 3.27. The lowest BCUT2D eigenvalue weighted by Crippen LogP contribution is -2.10. The number of hydrogen-bond acceptors (Lipinski definition) is 5. The Bertz CT molecular complexity index is 520. The van der Waals surface area contributed by atoms with Crippen molar-refractivity contribution in [1.82, 2.24) is 9.97 Å². The molecule has 0 saturated heterocycles. The molecule has 0 radical (unpaired) electrons. The summed E-state index contributed by atoms with van der Waals surface area (Å²) in [6.45, 7) is 0. The molecule has 2 aromatic rings. The summed E-state index contributed by atoms with van der Waals surface area (Å²) in [6, 6.07) is 7.64. The van der Waals surface area contributed by atoms with Gasteiger partial charge in [-0.2, -0.15) is 4.98 Å². The zero-order valence-corrected chi connectivity index (χ0v) is 12.3. The third-order valence-electron chi connectivity index (χ3n) is 1.87. The Hall–Kier alpha value is -0.930. The van der Waals surface area contributed by atoms with Gasteiger partial charge in [0.15, 0.2) is 0 Å². The largest absolute Gasteiger partial charge is 0.438 e. The minimum Gasteiger partial charge on any atom is -0.438 e. The maximum Gasteiger partial charge on any atom is 0.240 e. The van der Waals surface area contributed by atoms with Gasteiger partial charge in [-0.25, -0.2) is 10.8 Å². The van der Waals surface area contributed by atoms with Crippen LogP contribution in [0.15, 0.2) is 34.9 Å². The predicted molar refractivity (Wildman–Crippen MR) is 76.8 cm³/mol. The van der Waals surface area contributed by atoms with E-state index >= 15 is 0 Å². The number of aromatic nitrogens is 2. The molecule has 0 spiro atoms. The number of halogens is 2. The van der Waals surface area contributed by atoms with Crippen molar-refractivity contribution in [1.29, 1.82) is 0 Å². The van der Waals surface area contributed by atoms with Crippen LogP contribution in [0.3, 0.4) is 0 Å². The van der Waals surface area contributed by atoms with E-state index in [2.05, 4.69) is 53.9 Å². The van der Waals surface area contributed by atoms with Crippen molar-refractivity contribution < 1.29 is 4.74 Å². The Morgan fingerprint density at radius 1 is 1.29 bits per heavy atom. The van der Waals surface area contributed by atoms with Gasteiger partial charge in [0.1, 0.15) is 5.75 Å². The van der Waals surface area contributed by atoms with Gasteiger partial charge < -0.3 is 4.74 Å². The molecule has 1 heterocycles. The summed E-state index contributed by atoms with van der Waals surface area (Å²) in [6.07, 6.45) is 1.57. The fourth-order valence-corrected chi connectivity index (χ4v) is 1.74. The fraction of sp³-hybridized carbons (Fsp3) is 0. The highest BCUT2D eigenvalue weighted by molar-refractivity contribution is 14.1. The maximum absolute atomic E-state index is 5.61. The van der Waals surface area contributed by atoms with E-state index in [-0.39, 0.29) is 0 Å². The molecule has 0 aliphatic rings. The van der Waals surface area contributed by atoms with Gasteiger partial charge in [0.2, 0.25) is 11.8 Å². The zero-order chi connectivity index (χ0) is 12.3. The van der Waals surface area contributed by atoms with Crippen molar-refractivity contribution in [3.05, 3.63) is 38.5 Å². The van der Waals surface area contributed by atoms with E-state index in [1.165, 1.54) is 0 Å². The van der Waals surface area contributed by atoms with Crippen LogP contribution in [0, 0.1) is 3.57 Å². The fourth-order valence-electron chi connectivity index (χ4n) is 1.11. The molecule has 0 amide bonds. The predicted octanol–water partition coefficient (Wildman–Crippen LogP) is 2.92. The van der Waals surface area contributed by atoms with Crippen LogP contribution in [0.4, 0.5) is 5.95 Å². The van der Waals surface area contributed by atoms with Gasteiger partial charge in [-0.05, 0) is 62.8 Å². The minimum absolute atomic E-state index is 0.300. The molecule has 2 rings (SSSR count). The second-order valence-corrected chi connectivity index (χ2v) is 5.15. The first-order valence-electron chi connectivity index (χ1n) is 4.61. The summed E-state index contributed by atoms with van der Waals surface area (Å²) in [5, 5.41) is 0. The molecule has 0 unspecified atom stereocenters. The van der Waals surface area contributed by atoms with Gasteiger partial charge in [-0.1, -0.05) is 0 Å². The summed E-state index contributed by atoms with van der Waals surface area (Å²) in [5.41, 5.74) is 2.37. The Kier molecular flexibility index (Phi) is 4.13. The van der Waals surface area contributed by atoms with Crippen LogP contribution in [-0.2, 0) is 0 Å². The SMILES string of the molecule is NNc1ncc(Br)c(Oc2ccc(I)cc2)n1. The number of ether oxygens (including phenoxy) is 1. The lowest BCUT2D eigenvalue weighted by atomic mass is 10.3. The van der Waals surface area contributed by atoms with E-state index in [1.54, 1.807) is 6.20 Å². The molecule has 0 atom stereocenters. The Labute approximate surface area is 120 Å². The molecule has 0 bridgehead atoms. The zero-order valence-electron chi connectivity index (χ0n) is 8.52. The average molecular weight is 407 g/mol. The molecule has 17 heavy (non-hydrogen) atoms. The van der Waals surface area contributed by atoms with Gasteiger partial charge in [0.05, 0.1) is 10.7 Å². The Morgan fingerprint density at radius 3 is 2.65 bits per heavy atom. The van der Waals surface area contributed by atoms with E-state index in [0.29, 0.717) is 22.1 Å². The van der Waals surface area contributed by atoms with Crippen LogP contribution >= 0.6 is 38.5 Å². The number of rotatable bonds is 3. The van der Waals surface area contributed by atoms with E-state index in [4.69, 9.17) is 10.6 Å². The van der Waals surface area contributed by atoms with E-state index in [1.807, 2.05) is 24.3 Å². The molecule has 0 aliphatic heterocycles. The van der Waals surface area contributed by atoms with E-state index in [9.17, 15) is 0 Å². The third-order valence-corrected chi connectivity index (χ3v) is 3.13. The maximum atomic E-state index is 5.61. The quantitative estimate of drug-likeness (QED) is 0.465. The number of nitrogens with two attached hydrogens (primary N) is 1. The first kappa shape index (κ1) is 12.5. The van der Waals surface area contributed by atoms with Crippen LogP contribution in [0.5, 0.6) is 11.6 Å². The van der Waals surface area contributed by atoms with Crippen molar-refractivity contribution in [2.45, 2.75) is 0 Å². The van der Waals surface area contributed by atoms with Gasteiger partial charge in [0, 0.05) is 3.57 Å². The average Bonchev–Trinajstić information content (AvgIpc) is 2.35. The number of anilines is 1. The highest BCUT2D eigenvalue weighted by Gasteiger charge is 2.06. The summed E-state index contributed by atoms with van der Waals surface area (Å²) < 4.78 is 7.41. The second-order valence-electron chi connectivity index (χ2n) is 3.05. The number of benzene rings is 1. The molecule has 3 N–H and O–H groups in total. The van der Waals surface area contributed by atoms with Crippen molar-refractivity contribution >= 4 is 44.5 Å². The van der Waals surface area contributed by atoms with E-state index in [0.717, 1.165) is 3.57 Å². The molecule has 1 aromatic heterocycles. The Morgan fingerprint density at radius 2 is 2.00 bits per heavy atom. The molecule has 0 fully saturated rings. The molecular weight excluding hydrogens is 399 g/mol. The standard InChI is InChI=1S/C10H8BrIN4O/c11-8-5-14-10(16-13)15-9(8)17-7-3-1-6(12)2-4-7/h1-5H,13H2,(H,14,15,16).